The summed E-state index contributed by atoms with van der Waals surface area (Å²) in [6, 6.07) is 14.5. The summed E-state index contributed by atoms with van der Waals surface area (Å²) < 4.78 is 11.4. The predicted molar refractivity (Wildman–Crippen MR) is 77.3 cm³/mol. The van der Waals surface area contributed by atoms with Gasteiger partial charge in [0.2, 0.25) is 5.89 Å². The summed E-state index contributed by atoms with van der Waals surface area (Å²) in [4.78, 5) is 16.2. The monoisotopic (exact) mass is 331 g/mol. The van der Waals surface area contributed by atoms with E-state index in [9.17, 15) is 4.79 Å². The van der Waals surface area contributed by atoms with E-state index in [0.717, 1.165) is 5.52 Å². The molecule has 0 radical (unpaired) electrons. The van der Waals surface area contributed by atoms with E-state index in [-0.39, 0.29) is 6.61 Å². The Morgan fingerprint density at radius 2 is 1.90 bits per heavy atom. The van der Waals surface area contributed by atoms with Crippen LogP contribution in [0.1, 0.15) is 16.2 Å². The van der Waals surface area contributed by atoms with Crippen molar-refractivity contribution < 1.29 is 13.9 Å². The third-order valence-electron chi connectivity index (χ3n) is 2.76. The third-order valence-corrected chi connectivity index (χ3v) is 3.45. The summed E-state index contributed by atoms with van der Waals surface area (Å²) in [5.74, 6) is -0.0358. The molecular formula is C15H10BrNO3. The average molecular weight is 332 g/mol. The number of para-hydroxylation sites is 2. The van der Waals surface area contributed by atoms with E-state index in [1.165, 1.54) is 0 Å². The van der Waals surface area contributed by atoms with Gasteiger partial charge < -0.3 is 9.15 Å². The first kappa shape index (κ1) is 12.9. The molecule has 0 unspecified atom stereocenters. The molecule has 3 aromatic rings. The maximum atomic E-state index is 11.9. The van der Waals surface area contributed by atoms with Gasteiger partial charge in [-0.25, -0.2) is 9.78 Å². The molecule has 0 saturated heterocycles. The number of carbonyl (C=O) groups is 1. The highest BCUT2D eigenvalue weighted by molar-refractivity contribution is 9.10. The van der Waals surface area contributed by atoms with Crippen LogP contribution in [0, 0.1) is 0 Å². The van der Waals surface area contributed by atoms with Crippen molar-refractivity contribution in [3.8, 4) is 0 Å². The molecule has 2 aromatic carbocycles. The van der Waals surface area contributed by atoms with Crippen molar-refractivity contribution in [2.75, 3.05) is 0 Å². The van der Waals surface area contributed by atoms with Gasteiger partial charge in [-0.15, -0.1) is 0 Å². The lowest BCUT2D eigenvalue weighted by Gasteiger charge is -2.03. The number of benzene rings is 2. The minimum atomic E-state index is -0.417. The van der Waals surface area contributed by atoms with Gasteiger partial charge in [-0.05, 0) is 40.2 Å². The Bertz CT molecular complexity index is 733. The second-order valence-electron chi connectivity index (χ2n) is 4.13. The first-order valence-electron chi connectivity index (χ1n) is 6.00. The number of aromatic nitrogens is 1. The zero-order valence-corrected chi connectivity index (χ0v) is 12.0. The first-order chi connectivity index (χ1) is 9.74. The molecule has 0 aliphatic carbocycles. The number of hydrogen-bond acceptors (Lipinski definition) is 4. The largest absolute Gasteiger partial charge is 0.452 e. The molecule has 5 heteroatoms. The Labute approximate surface area is 123 Å². The van der Waals surface area contributed by atoms with Crippen molar-refractivity contribution in [2.45, 2.75) is 6.61 Å². The number of rotatable bonds is 3. The second-order valence-corrected chi connectivity index (χ2v) is 4.99. The molecule has 0 N–H and O–H groups in total. The zero-order valence-electron chi connectivity index (χ0n) is 10.4. The summed E-state index contributed by atoms with van der Waals surface area (Å²) in [7, 11) is 0. The van der Waals surface area contributed by atoms with Crippen LogP contribution in [-0.4, -0.2) is 11.0 Å². The standard InChI is InChI=1S/C15H10BrNO3/c16-11-6-2-1-5-10(11)15(18)19-9-14-17-12-7-3-4-8-13(12)20-14/h1-8H,9H2. The van der Waals surface area contributed by atoms with Gasteiger partial charge in [-0.2, -0.15) is 0 Å². The van der Waals surface area contributed by atoms with E-state index in [4.69, 9.17) is 9.15 Å². The number of hydrogen-bond donors (Lipinski definition) is 0. The predicted octanol–water partition coefficient (Wildman–Crippen LogP) is 3.95. The fourth-order valence-electron chi connectivity index (χ4n) is 1.81. The lowest BCUT2D eigenvalue weighted by Crippen LogP contribution is -2.06. The van der Waals surface area contributed by atoms with Crippen molar-refractivity contribution in [3.63, 3.8) is 0 Å². The van der Waals surface area contributed by atoms with Gasteiger partial charge in [-0.1, -0.05) is 24.3 Å². The van der Waals surface area contributed by atoms with Crippen LogP contribution >= 0.6 is 15.9 Å². The Kier molecular flexibility index (Phi) is 3.52. The number of esters is 1. The Morgan fingerprint density at radius 3 is 2.70 bits per heavy atom. The normalized spacial score (nSPS) is 10.7. The van der Waals surface area contributed by atoms with Crippen LogP contribution in [0.15, 0.2) is 57.4 Å². The molecule has 1 aromatic heterocycles. The maximum Gasteiger partial charge on any atom is 0.339 e. The zero-order chi connectivity index (χ0) is 13.9. The van der Waals surface area contributed by atoms with Gasteiger partial charge in [0.15, 0.2) is 12.2 Å². The first-order valence-corrected chi connectivity index (χ1v) is 6.79. The summed E-state index contributed by atoms with van der Waals surface area (Å²) in [6.07, 6.45) is 0. The van der Waals surface area contributed by atoms with Crippen molar-refractivity contribution in [2.24, 2.45) is 0 Å². The highest BCUT2D eigenvalue weighted by Crippen LogP contribution is 2.19. The molecule has 0 aliphatic heterocycles. The van der Waals surface area contributed by atoms with Crippen molar-refractivity contribution >= 4 is 33.0 Å². The molecule has 0 saturated carbocycles. The summed E-state index contributed by atoms with van der Waals surface area (Å²) in [6.45, 7) is 0.00878. The molecule has 0 aliphatic rings. The molecule has 4 nitrogen and oxygen atoms in total. The van der Waals surface area contributed by atoms with Gasteiger partial charge in [0.05, 0.1) is 5.56 Å². The highest BCUT2D eigenvalue weighted by Gasteiger charge is 2.13. The topological polar surface area (TPSA) is 52.3 Å². The van der Waals surface area contributed by atoms with Crippen LogP contribution in [-0.2, 0) is 11.3 Å². The van der Waals surface area contributed by atoms with Crippen LogP contribution in [0.25, 0.3) is 11.1 Å². The van der Waals surface area contributed by atoms with Crippen molar-refractivity contribution in [3.05, 3.63) is 64.5 Å². The Morgan fingerprint density at radius 1 is 1.15 bits per heavy atom. The number of halogens is 1. The highest BCUT2D eigenvalue weighted by atomic mass is 79.9. The van der Waals surface area contributed by atoms with Crippen LogP contribution in [0.2, 0.25) is 0 Å². The van der Waals surface area contributed by atoms with Crippen LogP contribution in [0.3, 0.4) is 0 Å². The Balaban J connectivity index is 1.73. The lowest BCUT2D eigenvalue weighted by atomic mass is 10.2. The molecule has 100 valence electrons. The van der Waals surface area contributed by atoms with E-state index in [2.05, 4.69) is 20.9 Å². The van der Waals surface area contributed by atoms with Crippen LogP contribution in [0.5, 0.6) is 0 Å². The summed E-state index contributed by atoms with van der Waals surface area (Å²) >= 11 is 3.31. The number of carbonyl (C=O) groups excluding carboxylic acids is 1. The van der Waals surface area contributed by atoms with E-state index in [0.29, 0.717) is 21.5 Å². The minimum absolute atomic E-state index is 0.00878. The molecular weight excluding hydrogens is 322 g/mol. The Hall–Kier alpha value is -2.14. The minimum Gasteiger partial charge on any atom is -0.452 e. The molecule has 0 bridgehead atoms. The number of fused-ring (bicyclic) bond motifs is 1. The smallest absolute Gasteiger partial charge is 0.339 e. The molecule has 20 heavy (non-hydrogen) atoms. The van der Waals surface area contributed by atoms with Crippen LogP contribution < -0.4 is 0 Å². The average Bonchev–Trinajstić information content (AvgIpc) is 2.88. The SMILES string of the molecule is O=C(OCc1nc2ccccc2o1)c1ccccc1Br. The number of oxazole rings is 1. The van der Waals surface area contributed by atoms with E-state index in [1.54, 1.807) is 18.2 Å². The quantitative estimate of drug-likeness (QED) is 0.682. The maximum absolute atomic E-state index is 11.9. The third kappa shape index (κ3) is 2.58. The van der Waals surface area contributed by atoms with Gasteiger partial charge in [-0.3, -0.25) is 0 Å². The van der Waals surface area contributed by atoms with Gasteiger partial charge >= 0.3 is 5.97 Å². The molecule has 0 fully saturated rings. The number of ether oxygens (including phenoxy) is 1. The molecule has 1 heterocycles. The van der Waals surface area contributed by atoms with E-state index < -0.39 is 5.97 Å². The van der Waals surface area contributed by atoms with Gasteiger partial charge in [0.25, 0.3) is 0 Å². The van der Waals surface area contributed by atoms with Gasteiger partial charge in [0, 0.05) is 4.47 Å². The molecule has 0 amide bonds. The lowest BCUT2D eigenvalue weighted by molar-refractivity contribution is 0.0439. The fourth-order valence-corrected chi connectivity index (χ4v) is 2.26. The molecule has 0 spiro atoms. The van der Waals surface area contributed by atoms with E-state index in [1.807, 2.05) is 30.3 Å². The van der Waals surface area contributed by atoms with Gasteiger partial charge in [0.1, 0.15) is 5.52 Å². The fraction of sp³-hybridized carbons (Fsp3) is 0.0667. The second kappa shape index (κ2) is 5.46. The summed E-state index contributed by atoms with van der Waals surface area (Å²) in [5.41, 5.74) is 1.91. The van der Waals surface area contributed by atoms with Crippen molar-refractivity contribution in [1.29, 1.82) is 0 Å². The van der Waals surface area contributed by atoms with E-state index >= 15 is 0 Å². The molecule has 0 atom stereocenters. The summed E-state index contributed by atoms with van der Waals surface area (Å²) in [5, 5.41) is 0. The van der Waals surface area contributed by atoms with Crippen molar-refractivity contribution in [1.82, 2.24) is 4.98 Å². The van der Waals surface area contributed by atoms with Crippen LogP contribution in [0.4, 0.5) is 0 Å². The number of nitrogens with zero attached hydrogens (tertiary/aromatic N) is 1. The molecule has 3 rings (SSSR count).